The minimum absolute atomic E-state index is 0.0567. The summed E-state index contributed by atoms with van der Waals surface area (Å²) >= 11 is 1.52. The van der Waals surface area contributed by atoms with Crippen molar-refractivity contribution in [1.82, 2.24) is 4.90 Å². The van der Waals surface area contributed by atoms with E-state index in [2.05, 4.69) is 0 Å². The lowest BCUT2D eigenvalue weighted by molar-refractivity contribution is -0.141. The van der Waals surface area contributed by atoms with Gasteiger partial charge in [0.15, 0.2) is 0 Å². The molecule has 4 rings (SSSR count). The molecule has 4 nitrogen and oxygen atoms in total. The van der Waals surface area contributed by atoms with Gasteiger partial charge < -0.3 is 10.0 Å². The van der Waals surface area contributed by atoms with Crippen LogP contribution in [-0.2, 0) is 9.59 Å². The summed E-state index contributed by atoms with van der Waals surface area (Å²) in [6.45, 7) is 3.86. The topological polar surface area (TPSA) is 57.6 Å². The Balaban J connectivity index is 1.88. The molecule has 5 heteroatoms. The molecule has 1 N–H and O–H groups in total. The van der Waals surface area contributed by atoms with Crippen molar-refractivity contribution in [3.8, 4) is 0 Å². The number of hydrogen-bond acceptors (Lipinski definition) is 4. The quantitative estimate of drug-likeness (QED) is 0.446. The summed E-state index contributed by atoms with van der Waals surface area (Å²) in [5.74, 6) is -1.10. The van der Waals surface area contributed by atoms with Crippen LogP contribution in [0.2, 0.25) is 0 Å². The van der Waals surface area contributed by atoms with E-state index in [1.54, 1.807) is 4.90 Å². The fourth-order valence-corrected chi connectivity index (χ4v) is 5.28. The van der Waals surface area contributed by atoms with Gasteiger partial charge in [0.1, 0.15) is 5.76 Å². The minimum Gasteiger partial charge on any atom is -0.507 e. The maximum atomic E-state index is 13.1. The van der Waals surface area contributed by atoms with E-state index < -0.39 is 17.7 Å². The third-order valence-electron chi connectivity index (χ3n) is 5.91. The molecule has 1 unspecified atom stereocenters. The van der Waals surface area contributed by atoms with Gasteiger partial charge in [0.25, 0.3) is 11.7 Å². The van der Waals surface area contributed by atoms with Gasteiger partial charge in [0.05, 0.1) is 11.6 Å². The Labute approximate surface area is 169 Å². The lowest BCUT2D eigenvalue weighted by Gasteiger charge is -2.34. The summed E-state index contributed by atoms with van der Waals surface area (Å²) in [4.78, 5) is 28.8. The van der Waals surface area contributed by atoms with Gasteiger partial charge in [0, 0.05) is 16.5 Å². The van der Waals surface area contributed by atoms with Gasteiger partial charge in [-0.3, -0.25) is 9.59 Å². The van der Waals surface area contributed by atoms with Crippen molar-refractivity contribution >= 4 is 28.8 Å². The molecule has 0 radical (unpaired) electrons. The van der Waals surface area contributed by atoms with Crippen molar-refractivity contribution < 1.29 is 14.7 Å². The second-order valence-electron chi connectivity index (χ2n) is 7.83. The summed E-state index contributed by atoms with van der Waals surface area (Å²) in [5.41, 5.74) is 2.74. The summed E-state index contributed by atoms with van der Waals surface area (Å²) in [7, 11) is 0. The molecule has 1 amide bonds. The molecular formula is C23H25NO3S. The van der Waals surface area contributed by atoms with E-state index in [0.29, 0.717) is 5.56 Å². The average Bonchev–Trinajstić information content (AvgIpc) is 3.31. The van der Waals surface area contributed by atoms with E-state index in [9.17, 15) is 14.7 Å². The molecule has 1 saturated carbocycles. The third kappa shape index (κ3) is 3.18. The van der Waals surface area contributed by atoms with E-state index in [1.165, 1.54) is 17.8 Å². The average molecular weight is 396 g/mol. The largest absolute Gasteiger partial charge is 0.507 e. The first-order valence-corrected chi connectivity index (χ1v) is 10.8. The van der Waals surface area contributed by atoms with Gasteiger partial charge in [-0.05, 0) is 49.8 Å². The number of hydrogen-bond donors (Lipinski definition) is 1. The zero-order chi connectivity index (χ0) is 19.8. The van der Waals surface area contributed by atoms with E-state index in [-0.39, 0.29) is 17.4 Å². The van der Waals surface area contributed by atoms with Crippen LogP contribution in [0, 0.1) is 13.8 Å². The second kappa shape index (κ2) is 7.55. The number of ketones is 1. The molecule has 0 bridgehead atoms. The molecule has 0 spiro atoms. The molecule has 146 valence electrons. The van der Waals surface area contributed by atoms with Crippen molar-refractivity contribution in [2.75, 3.05) is 0 Å². The Morgan fingerprint density at radius 1 is 1.11 bits per heavy atom. The van der Waals surface area contributed by atoms with Crippen LogP contribution in [0.1, 0.15) is 59.7 Å². The zero-order valence-corrected chi connectivity index (χ0v) is 17.1. The number of carbonyl (C=O) groups excluding carboxylic acids is 2. The van der Waals surface area contributed by atoms with Crippen molar-refractivity contribution in [2.45, 2.75) is 58.0 Å². The Morgan fingerprint density at radius 3 is 2.54 bits per heavy atom. The molecule has 1 aromatic carbocycles. The Kier molecular flexibility index (Phi) is 5.11. The van der Waals surface area contributed by atoms with Gasteiger partial charge in [-0.1, -0.05) is 43.0 Å². The fraction of sp³-hybridized carbons (Fsp3) is 0.391. The highest BCUT2D eigenvalue weighted by Crippen LogP contribution is 2.44. The van der Waals surface area contributed by atoms with Crippen molar-refractivity contribution in [2.24, 2.45) is 0 Å². The first kappa shape index (κ1) is 18.9. The highest BCUT2D eigenvalue weighted by Gasteiger charge is 2.49. The fourth-order valence-electron chi connectivity index (χ4n) is 4.45. The van der Waals surface area contributed by atoms with Crippen LogP contribution in [0.25, 0.3) is 5.76 Å². The van der Waals surface area contributed by atoms with Crippen LogP contribution in [0.5, 0.6) is 0 Å². The molecule has 2 fully saturated rings. The van der Waals surface area contributed by atoms with Crippen molar-refractivity contribution in [3.05, 3.63) is 62.9 Å². The van der Waals surface area contributed by atoms with E-state index >= 15 is 0 Å². The van der Waals surface area contributed by atoms with E-state index in [0.717, 1.165) is 41.7 Å². The summed E-state index contributed by atoms with van der Waals surface area (Å²) < 4.78 is 0. The van der Waals surface area contributed by atoms with Crippen LogP contribution in [0.15, 0.2) is 41.3 Å². The molecular weight excluding hydrogens is 370 g/mol. The van der Waals surface area contributed by atoms with Crippen LogP contribution in [-0.4, -0.2) is 27.7 Å². The highest BCUT2D eigenvalue weighted by atomic mass is 32.1. The molecule has 2 aromatic rings. The maximum absolute atomic E-state index is 13.1. The minimum atomic E-state index is -0.567. The van der Waals surface area contributed by atoms with Gasteiger partial charge >= 0.3 is 0 Å². The number of aliphatic hydroxyl groups excluding tert-OH is 1. The zero-order valence-electron chi connectivity index (χ0n) is 16.3. The molecule has 1 aliphatic heterocycles. The number of likely N-dealkylation sites (tertiary alicyclic amines) is 1. The number of carbonyl (C=O) groups is 2. The molecule has 2 aliphatic rings. The monoisotopic (exact) mass is 395 g/mol. The Hall–Kier alpha value is -2.40. The molecule has 2 heterocycles. The van der Waals surface area contributed by atoms with Crippen LogP contribution < -0.4 is 0 Å². The number of rotatable bonds is 3. The number of aliphatic hydroxyl groups is 1. The standard InChI is InChI=1S/C23H25NO3S/c1-14-10-11-15(2)17(13-14)21(25)19-20(18-9-6-12-28-18)24(23(27)22(19)26)16-7-4-3-5-8-16/h6,9-13,16,20,25H,3-5,7-8H2,1-2H3/b21-19-. The van der Waals surface area contributed by atoms with E-state index in [1.807, 2.05) is 49.6 Å². The number of thiophene rings is 1. The van der Waals surface area contributed by atoms with Crippen molar-refractivity contribution in [3.63, 3.8) is 0 Å². The second-order valence-corrected chi connectivity index (χ2v) is 8.81. The predicted molar refractivity (Wildman–Crippen MR) is 111 cm³/mol. The first-order valence-electron chi connectivity index (χ1n) is 9.90. The van der Waals surface area contributed by atoms with E-state index in [4.69, 9.17) is 0 Å². The summed E-state index contributed by atoms with van der Waals surface area (Å²) in [6, 6.07) is 9.23. The molecule has 1 aliphatic carbocycles. The summed E-state index contributed by atoms with van der Waals surface area (Å²) in [6.07, 6.45) is 5.15. The van der Waals surface area contributed by atoms with Gasteiger partial charge in [-0.15, -0.1) is 11.3 Å². The molecule has 1 aromatic heterocycles. The molecule has 28 heavy (non-hydrogen) atoms. The summed E-state index contributed by atoms with van der Waals surface area (Å²) in [5, 5.41) is 13.1. The van der Waals surface area contributed by atoms with Crippen LogP contribution >= 0.6 is 11.3 Å². The third-order valence-corrected chi connectivity index (χ3v) is 6.83. The number of benzene rings is 1. The smallest absolute Gasteiger partial charge is 0.295 e. The predicted octanol–water partition coefficient (Wildman–Crippen LogP) is 5.12. The number of Topliss-reactive ketones (excluding diaryl/α,β-unsaturated/α-hetero) is 1. The number of aryl methyl sites for hydroxylation is 2. The van der Waals surface area contributed by atoms with Crippen molar-refractivity contribution in [1.29, 1.82) is 0 Å². The number of amides is 1. The Morgan fingerprint density at radius 2 is 1.86 bits per heavy atom. The molecule has 1 saturated heterocycles. The number of nitrogens with zero attached hydrogens (tertiary/aromatic N) is 1. The lowest BCUT2D eigenvalue weighted by Crippen LogP contribution is -2.40. The van der Waals surface area contributed by atoms with Gasteiger partial charge in [0.2, 0.25) is 0 Å². The SMILES string of the molecule is Cc1ccc(C)c(/C(O)=C2/C(=O)C(=O)N(C3CCCCC3)C2c2cccs2)c1. The van der Waals surface area contributed by atoms with Crippen LogP contribution in [0.3, 0.4) is 0 Å². The van der Waals surface area contributed by atoms with Gasteiger partial charge in [-0.25, -0.2) is 0 Å². The maximum Gasteiger partial charge on any atom is 0.295 e. The first-order chi connectivity index (χ1) is 13.5. The lowest BCUT2D eigenvalue weighted by atomic mass is 9.92. The Bertz CT molecular complexity index is 939. The normalized spacial score (nSPS) is 22.8. The molecule has 1 atom stereocenters. The highest BCUT2D eigenvalue weighted by molar-refractivity contribution is 7.10. The van der Waals surface area contributed by atoms with Gasteiger partial charge in [-0.2, -0.15) is 0 Å². The van der Waals surface area contributed by atoms with Crippen LogP contribution in [0.4, 0.5) is 0 Å².